The Bertz CT molecular complexity index is 1040. The van der Waals surface area contributed by atoms with Gasteiger partial charge in [-0.15, -0.1) is 0 Å². The van der Waals surface area contributed by atoms with Crippen LogP contribution in [0.2, 0.25) is 0 Å². The first-order valence-corrected chi connectivity index (χ1v) is 8.42. The standard InChI is InChI=1S/C17H15F3N6O2/c18-17(19,20)10-1-2-15-22-6-13(26(15)8-10)12-5-21-7-14(24-12)23-11-3-4-25(9-11)16(27)28/h1-2,5-8,11H,3-4,9H2,(H,23,24)(H,27,28)/t11-/m1/s1. The number of likely N-dealkylation sites (tertiary alicyclic amines) is 1. The van der Waals surface area contributed by atoms with E-state index in [0.29, 0.717) is 42.4 Å². The molecule has 146 valence electrons. The SMILES string of the molecule is O=C(O)N1CC[C@@H](Nc2cncc(-c3cnc4ccc(C(F)(F)F)cn34)n2)C1. The summed E-state index contributed by atoms with van der Waals surface area (Å²) in [4.78, 5) is 24.9. The first-order chi connectivity index (χ1) is 13.3. The first kappa shape index (κ1) is 18.0. The average molecular weight is 392 g/mol. The zero-order chi connectivity index (χ0) is 19.9. The Labute approximate surface area is 156 Å². The molecule has 0 bridgehead atoms. The van der Waals surface area contributed by atoms with E-state index >= 15 is 0 Å². The summed E-state index contributed by atoms with van der Waals surface area (Å²) >= 11 is 0. The van der Waals surface area contributed by atoms with E-state index in [9.17, 15) is 18.0 Å². The summed E-state index contributed by atoms with van der Waals surface area (Å²) < 4.78 is 40.4. The Kier molecular flexibility index (Phi) is 4.28. The molecule has 3 aromatic rings. The van der Waals surface area contributed by atoms with Crippen LogP contribution in [-0.4, -0.2) is 54.6 Å². The molecular weight excluding hydrogens is 377 g/mol. The van der Waals surface area contributed by atoms with Crippen LogP contribution in [0.15, 0.2) is 36.9 Å². The van der Waals surface area contributed by atoms with E-state index in [4.69, 9.17) is 5.11 Å². The predicted octanol–water partition coefficient (Wildman–Crippen LogP) is 2.97. The van der Waals surface area contributed by atoms with Gasteiger partial charge in [0, 0.05) is 25.3 Å². The molecule has 11 heteroatoms. The van der Waals surface area contributed by atoms with Crippen LogP contribution in [0.25, 0.3) is 17.0 Å². The zero-order valence-corrected chi connectivity index (χ0v) is 14.4. The number of carbonyl (C=O) groups is 1. The number of halogens is 3. The van der Waals surface area contributed by atoms with Gasteiger partial charge in [-0.05, 0) is 18.6 Å². The van der Waals surface area contributed by atoms with Crippen molar-refractivity contribution in [3.05, 3.63) is 42.5 Å². The number of rotatable bonds is 3. The van der Waals surface area contributed by atoms with Crippen LogP contribution < -0.4 is 5.32 Å². The summed E-state index contributed by atoms with van der Waals surface area (Å²) in [5, 5.41) is 12.2. The molecule has 28 heavy (non-hydrogen) atoms. The summed E-state index contributed by atoms with van der Waals surface area (Å²) in [6.07, 6.45) is 0.512. The summed E-state index contributed by atoms with van der Waals surface area (Å²) in [6, 6.07) is 2.16. The highest BCUT2D eigenvalue weighted by Gasteiger charge is 2.31. The number of fused-ring (bicyclic) bond motifs is 1. The molecule has 1 fully saturated rings. The van der Waals surface area contributed by atoms with Gasteiger partial charge >= 0.3 is 12.3 Å². The second-order valence-corrected chi connectivity index (χ2v) is 6.44. The van der Waals surface area contributed by atoms with Gasteiger partial charge in [-0.1, -0.05) is 0 Å². The van der Waals surface area contributed by atoms with Crippen LogP contribution in [0.5, 0.6) is 0 Å². The summed E-state index contributed by atoms with van der Waals surface area (Å²) in [6.45, 7) is 0.749. The highest BCUT2D eigenvalue weighted by atomic mass is 19.4. The van der Waals surface area contributed by atoms with Crippen LogP contribution >= 0.6 is 0 Å². The number of pyridine rings is 1. The van der Waals surface area contributed by atoms with E-state index < -0.39 is 17.8 Å². The number of anilines is 1. The minimum absolute atomic E-state index is 0.111. The molecule has 1 saturated heterocycles. The number of imidazole rings is 1. The molecule has 1 aliphatic heterocycles. The monoisotopic (exact) mass is 392 g/mol. The maximum Gasteiger partial charge on any atom is 0.417 e. The highest BCUT2D eigenvalue weighted by molar-refractivity contribution is 5.65. The van der Waals surface area contributed by atoms with E-state index in [1.54, 1.807) is 0 Å². The fourth-order valence-corrected chi connectivity index (χ4v) is 3.16. The van der Waals surface area contributed by atoms with Gasteiger partial charge in [-0.3, -0.25) is 9.38 Å². The van der Waals surface area contributed by atoms with E-state index in [1.165, 1.54) is 34.0 Å². The van der Waals surface area contributed by atoms with Crippen molar-refractivity contribution in [2.45, 2.75) is 18.6 Å². The number of hydrogen-bond donors (Lipinski definition) is 2. The molecule has 8 nitrogen and oxygen atoms in total. The normalized spacial score (nSPS) is 17.2. The van der Waals surface area contributed by atoms with Gasteiger partial charge in [0.25, 0.3) is 0 Å². The molecule has 4 heterocycles. The van der Waals surface area contributed by atoms with Crippen molar-refractivity contribution >= 4 is 17.6 Å². The maximum absolute atomic E-state index is 13.0. The molecule has 1 amide bonds. The van der Waals surface area contributed by atoms with E-state index in [1.807, 2.05) is 0 Å². The number of aromatic nitrogens is 4. The minimum atomic E-state index is -4.47. The lowest BCUT2D eigenvalue weighted by atomic mass is 10.2. The molecule has 0 unspecified atom stereocenters. The number of hydrogen-bond acceptors (Lipinski definition) is 5. The molecule has 1 aliphatic rings. The Hall–Kier alpha value is -3.37. The Morgan fingerprint density at radius 1 is 1.25 bits per heavy atom. The van der Waals surface area contributed by atoms with Crippen molar-refractivity contribution in [3.63, 3.8) is 0 Å². The number of carboxylic acid groups (broad SMARTS) is 1. The second kappa shape index (κ2) is 6.66. The third-order valence-electron chi connectivity index (χ3n) is 4.54. The zero-order valence-electron chi connectivity index (χ0n) is 14.4. The number of alkyl halides is 3. The van der Waals surface area contributed by atoms with Gasteiger partial charge in [-0.2, -0.15) is 13.2 Å². The molecule has 0 aliphatic carbocycles. The van der Waals surface area contributed by atoms with Crippen molar-refractivity contribution in [1.29, 1.82) is 0 Å². The predicted molar refractivity (Wildman–Crippen MR) is 92.8 cm³/mol. The van der Waals surface area contributed by atoms with Gasteiger partial charge < -0.3 is 15.3 Å². The third-order valence-corrected chi connectivity index (χ3v) is 4.54. The molecule has 0 aromatic carbocycles. The Morgan fingerprint density at radius 2 is 2.07 bits per heavy atom. The van der Waals surface area contributed by atoms with Crippen molar-refractivity contribution < 1.29 is 23.1 Å². The number of nitrogens with one attached hydrogen (secondary N) is 1. The second-order valence-electron chi connectivity index (χ2n) is 6.44. The molecule has 3 aromatic heterocycles. The topological polar surface area (TPSA) is 95.7 Å². The van der Waals surface area contributed by atoms with Gasteiger partial charge in [0.15, 0.2) is 0 Å². The Morgan fingerprint density at radius 3 is 2.79 bits per heavy atom. The van der Waals surface area contributed by atoms with E-state index in [0.717, 1.165) is 12.3 Å². The lowest BCUT2D eigenvalue weighted by Crippen LogP contribution is -2.30. The summed E-state index contributed by atoms with van der Waals surface area (Å²) in [7, 11) is 0. The third kappa shape index (κ3) is 3.42. The molecule has 0 spiro atoms. The quantitative estimate of drug-likeness (QED) is 0.712. The molecule has 1 atom stereocenters. The van der Waals surface area contributed by atoms with Crippen LogP contribution in [-0.2, 0) is 6.18 Å². The lowest BCUT2D eigenvalue weighted by Gasteiger charge is -2.14. The molecule has 0 saturated carbocycles. The van der Waals surface area contributed by atoms with Crippen molar-refractivity contribution in [2.75, 3.05) is 18.4 Å². The highest BCUT2D eigenvalue weighted by Crippen LogP contribution is 2.30. The number of amides is 1. The molecule has 4 rings (SSSR count). The van der Waals surface area contributed by atoms with Crippen LogP contribution in [0.1, 0.15) is 12.0 Å². The van der Waals surface area contributed by atoms with Gasteiger partial charge in [0.1, 0.15) is 17.2 Å². The fraction of sp³-hybridized carbons (Fsp3) is 0.294. The van der Waals surface area contributed by atoms with Crippen LogP contribution in [0.4, 0.5) is 23.8 Å². The van der Waals surface area contributed by atoms with Gasteiger partial charge in [-0.25, -0.2) is 14.8 Å². The summed E-state index contributed by atoms with van der Waals surface area (Å²) in [5.74, 6) is 0.414. The lowest BCUT2D eigenvalue weighted by molar-refractivity contribution is -0.137. The van der Waals surface area contributed by atoms with Crippen molar-refractivity contribution in [3.8, 4) is 11.4 Å². The minimum Gasteiger partial charge on any atom is -0.465 e. The molecule has 0 radical (unpaired) electrons. The van der Waals surface area contributed by atoms with Crippen LogP contribution in [0, 0.1) is 0 Å². The first-order valence-electron chi connectivity index (χ1n) is 8.42. The summed E-state index contributed by atoms with van der Waals surface area (Å²) in [5.41, 5.74) is 0.290. The molecule has 2 N–H and O–H groups in total. The van der Waals surface area contributed by atoms with E-state index in [-0.39, 0.29) is 6.04 Å². The Balaban J connectivity index is 1.62. The van der Waals surface area contributed by atoms with Crippen molar-refractivity contribution in [1.82, 2.24) is 24.3 Å². The van der Waals surface area contributed by atoms with Gasteiger partial charge in [0.05, 0.1) is 29.8 Å². The molecular formula is C17H15F3N6O2. The maximum atomic E-state index is 13.0. The fourth-order valence-electron chi connectivity index (χ4n) is 3.16. The van der Waals surface area contributed by atoms with Crippen LogP contribution in [0.3, 0.4) is 0 Å². The van der Waals surface area contributed by atoms with Gasteiger partial charge in [0.2, 0.25) is 0 Å². The number of nitrogens with zero attached hydrogens (tertiary/aromatic N) is 5. The average Bonchev–Trinajstić information content (AvgIpc) is 3.27. The van der Waals surface area contributed by atoms with Crippen molar-refractivity contribution in [2.24, 2.45) is 0 Å². The van der Waals surface area contributed by atoms with E-state index in [2.05, 4.69) is 20.3 Å². The largest absolute Gasteiger partial charge is 0.465 e. The smallest absolute Gasteiger partial charge is 0.417 e.